The van der Waals surface area contributed by atoms with E-state index in [-0.39, 0.29) is 17.3 Å². The second-order valence-corrected chi connectivity index (χ2v) is 7.94. The highest BCUT2D eigenvalue weighted by Crippen LogP contribution is 2.18. The van der Waals surface area contributed by atoms with E-state index in [1.165, 1.54) is 29.8 Å². The minimum atomic E-state index is -3.66. The van der Waals surface area contributed by atoms with Crippen LogP contribution in [0, 0.1) is 19.3 Å². The Morgan fingerprint density at radius 2 is 1.82 bits per heavy atom. The molecule has 0 unspecified atom stereocenters. The zero-order valence-electron chi connectivity index (χ0n) is 16.1. The van der Waals surface area contributed by atoms with E-state index in [0.717, 1.165) is 12.2 Å². The Labute approximate surface area is 167 Å². The highest BCUT2D eigenvalue weighted by molar-refractivity contribution is 7.89. The Kier molecular flexibility index (Phi) is 7.61. The molecule has 0 bridgehead atoms. The summed E-state index contributed by atoms with van der Waals surface area (Å²) in [6.45, 7) is 6.03. The van der Waals surface area contributed by atoms with Crippen molar-refractivity contribution in [2.24, 2.45) is 0 Å². The van der Waals surface area contributed by atoms with Crippen molar-refractivity contribution in [1.82, 2.24) is 10.0 Å². The molecule has 148 valence electrons. The number of terminal acetylenes is 1. The van der Waals surface area contributed by atoms with Gasteiger partial charge in [-0.15, -0.1) is 6.42 Å². The van der Waals surface area contributed by atoms with Gasteiger partial charge in [-0.2, -0.15) is 4.72 Å². The number of hydrogen-bond acceptors (Lipinski definition) is 4. The number of carbonyl (C=O) groups is 1. The Morgan fingerprint density at radius 1 is 1.14 bits per heavy atom. The highest BCUT2D eigenvalue weighted by atomic mass is 32.2. The van der Waals surface area contributed by atoms with Gasteiger partial charge in [-0.1, -0.05) is 24.1 Å². The van der Waals surface area contributed by atoms with Gasteiger partial charge in [-0.25, -0.2) is 8.42 Å². The van der Waals surface area contributed by atoms with Gasteiger partial charge in [0, 0.05) is 30.9 Å². The topological polar surface area (TPSA) is 78.5 Å². The van der Waals surface area contributed by atoms with Crippen LogP contribution in [-0.2, 0) is 10.0 Å². The maximum Gasteiger partial charge on any atom is 0.251 e. The fourth-order valence-electron chi connectivity index (χ4n) is 2.78. The number of nitrogens with zero attached hydrogens (tertiary/aromatic N) is 1. The number of anilines is 1. The number of benzene rings is 2. The van der Waals surface area contributed by atoms with E-state index >= 15 is 0 Å². The van der Waals surface area contributed by atoms with Crippen LogP contribution in [0.3, 0.4) is 0 Å². The molecule has 0 heterocycles. The summed E-state index contributed by atoms with van der Waals surface area (Å²) in [5, 5.41) is 2.87. The highest BCUT2D eigenvalue weighted by Gasteiger charge is 2.14. The molecule has 0 saturated heterocycles. The first-order chi connectivity index (χ1) is 13.4. The molecule has 2 rings (SSSR count). The Bertz CT molecular complexity index is 948. The number of likely N-dealkylation sites (N-methyl/N-ethyl adjacent to an activating group) is 1. The van der Waals surface area contributed by atoms with E-state index in [1.807, 2.05) is 12.1 Å². The number of carbonyl (C=O) groups excluding carboxylic acids is 1. The van der Waals surface area contributed by atoms with E-state index in [9.17, 15) is 13.2 Å². The first-order valence-corrected chi connectivity index (χ1v) is 10.5. The SMILES string of the molecule is C#CCNS(=O)(=O)c1ccc(C(=O)NCCN(CC)c2ccccc2C)cc1. The predicted octanol–water partition coefficient (Wildman–Crippen LogP) is 2.16. The van der Waals surface area contributed by atoms with Crippen molar-refractivity contribution in [3.8, 4) is 12.3 Å². The Balaban J connectivity index is 1.94. The monoisotopic (exact) mass is 399 g/mol. The summed E-state index contributed by atoms with van der Waals surface area (Å²) in [5.41, 5.74) is 2.73. The van der Waals surface area contributed by atoms with Crippen molar-refractivity contribution in [2.45, 2.75) is 18.7 Å². The van der Waals surface area contributed by atoms with Crippen molar-refractivity contribution < 1.29 is 13.2 Å². The van der Waals surface area contributed by atoms with Gasteiger partial charge in [0.25, 0.3) is 5.91 Å². The minimum absolute atomic E-state index is 0.0658. The molecule has 0 fully saturated rings. The number of para-hydroxylation sites is 1. The second kappa shape index (κ2) is 9.93. The minimum Gasteiger partial charge on any atom is -0.370 e. The maximum atomic E-state index is 12.3. The van der Waals surface area contributed by atoms with Crippen molar-refractivity contribution >= 4 is 21.6 Å². The molecule has 0 saturated carbocycles. The summed E-state index contributed by atoms with van der Waals surface area (Å²) >= 11 is 0. The van der Waals surface area contributed by atoms with Crippen LogP contribution in [0.15, 0.2) is 53.4 Å². The molecule has 6 nitrogen and oxygen atoms in total. The molecule has 2 aromatic carbocycles. The number of nitrogens with one attached hydrogen (secondary N) is 2. The van der Waals surface area contributed by atoms with E-state index in [1.54, 1.807) is 0 Å². The molecule has 0 radical (unpaired) electrons. The molecule has 0 aliphatic rings. The fourth-order valence-corrected chi connectivity index (χ4v) is 3.71. The van der Waals surface area contributed by atoms with Crippen molar-refractivity contribution in [1.29, 1.82) is 0 Å². The molecule has 28 heavy (non-hydrogen) atoms. The van der Waals surface area contributed by atoms with Crippen LogP contribution in [-0.4, -0.2) is 40.5 Å². The van der Waals surface area contributed by atoms with Gasteiger partial charge in [0.1, 0.15) is 0 Å². The quantitative estimate of drug-likeness (QED) is 0.634. The number of hydrogen-bond donors (Lipinski definition) is 2. The first-order valence-electron chi connectivity index (χ1n) is 9.01. The van der Waals surface area contributed by atoms with Gasteiger partial charge in [0.2, 0.25) is 10.0 Å². The summed E-state index contributed by atoms with van der Waals surface area (Å²) in [6.07, 6.45) is 5.07. The van der Waals surface area contributed by atoms with Gasteiger partial charge in [-0.05, 0) is 49.7 Å². The molecular formula is C21H25N3O3S. The predicted molar refractivity (Wildman–Crippen MR) is 112 cm³/mol. The van der Waals surface area contributed by atoms with Crippen LogP contribution in [0.2, 0.25) is 0 Å². The van der Waals surface area contributed by atoms with Gasteiger partial charge in [-0.3, -0.25) is 4.79 Å². The number of rotatable bonds is 9. The van der Waals surface area contributed by atoms with Crippen LogP contribution >= 0.6 is 0 Å². The summed E-state index contributed by atoms with van der Waals surface area (Å²) in [7, 11) is -3.66. The Morgan fingerprint density at radius 3 is 2.43 bits per heavy atom. The lowest BCUT2D eigenvalue weighted by molar-refractivity contribution is 0.0954. The van der Waals surface area contributed by atoms with Crippen LogP contribution in [0.1, 0.15) is 22.8 Å². The summed E-state index contributed by atoms with van der Waals surface area (Å²) in [5.74, 6) is 1.97. The molecule has 0 aliphatic carbocycles. The molecule has 0 aromatic heterocycles. The van der Waals surface area contributed by atoms with Gasteiger partial charge < -0.3 is 10.2 Å². The largest absolute Gasteiger partial charge is 0.370 e. The maximum absolute atomic E-state index is 12.3. The lowest BCUT2D eigenvalue weighted by Crippen LogP contribution is -2.35. The molecule has 7 heteroatoms. The number of aryl methyl sites for hydroxylation is 1. The summed E-state index contributed by atoms with van der Waals surface area (Å²) in [4.78, 5) is 14.6. The summed E-state index contributed by atoms with van der Waals surface area (Å²) in [6, 6.07) is 13.9. The Hall–Kier alpha value is -2.82. The fraction of sp³-hybridized carbons (Fsp3) is 0.286. The van der Waals surface area contributed by atoms with E-state index in [4.69, 9.17) is 6.42 Å². The normalized spacial score (nSPS) is 10.9. The third-order valence-electron chi connectivity index (χ3n) is 4.30. The lowest BCUT2D eigenvalue weighted by Gasteiger charge is -2.25. The molecule has 0 atom stereocenters. The van der Waals surface area contributed by atoms with Crippen molar-refractivity contribution in [3.05, 3.63) is 59.7 Å². The van der Waals surface area contributed by atoms with Crippen LogP contribution < -0.4 is 14.9 Å². The average Bonchev–Trinajstić information content (AvgIpc) is 2.70. The standard InChI is InChI=1S/C21H25N3O3S/c1-4-14-23-28(26,27)19-12-10-18(11-13-19)21(25)22-15-16-24(5-2)20-9-7-6-8-17(20)3/h1,6-13,23H,5,14-16H2,2-3H3,(H,22,25). The van der Waals surface area contributed by atoms with E-state index in [2.05, 4.69) is 46.8 Å². The zero-order valence-corrected chi connectivity index (χ0v) is 16.9. The second-order valence-electron chi connectivity index (χ2n) is 6.18. The zero-order chi connectivity index (χ0) is 20.6. The molecular weight excluding hydrogens is 374 g/mol. The number of amides is 1. The number of sulfonamides is 1. The van der Waals surface area contributed by atoms with Gasteiger partial charge in [0.05, 0.1) is 11.4 Å². The average molecular weight is 400 g/mol. The van der Waals surface area contributed by atoms with Crippen LogP contribution in [0.5, 0.6) is 0 Å². The third kappa shape index (κ3) is 5.59. The summed E-state index contributed by atoms with van der Waals surface area (Å²) < 4.78 is 26.3. The van der Waals surface area contributed by atoms with Crippen LogP contribution in [0.25, 0.3) is 0 Å². The lowest BCUT2D eigenvalue weighted by atomic mass is 10.2. The van der Waals surface area contributed by atoms with E-state index < -0.39 is 10.0 Å². The first kappa shape index (κ1) is 21.5. The molecule has 2 N–H and O–H groups in total. The molecule has 0 aliphatic heterocycles. The van der Waals surface area contributed by atoms with Gasteiger partial charge >= 0.3 is 0 Å². The van der Waals surface area contributed by atoms with Gasteiger partial charge in [0.15, 0.2) is 0 Å². The molecule has 1 amide bonds. The molecule has 2 aromatic rings. The van der Waals surface area contributed by atoms with E-state index in [0.29, 0.717) is 18.7 Å². The van der Waals surface area contributed by atoms with Crippen molar-refractivity contribution in [2.75, 3.05) is 31.1 Å². The van der Waals surface area contributed by atoms with Crippen molar-refractivity contribution in [3.63, 3.8) is 0 Å². The third-order valence-corrected chi connectivity index (χ3v) is 5.71. The molecule has 0 spiro atoms. The van der Waals surface area contributed by atoms with Crippen LogP contribution in [0.4, 0.5) is 5.69 Å². The smallest absolute Gasteiger partial charge is 0.251 e.